The Morgan fingerprint density at radius 2 is 1.95 bits per heavy atom. The maximum atomic E-state index is 13.8. The topological polar surface area (TPSA) is 178 Å². The summed E-state index contributed by atoms with van der Waals surface area (Å²) in [5.74, 6) is 5.01. The average Bonchev–Trinajstić information content (AvgIpc) is 3.69. The molecule has 14 heteroatoms. The zero-order valence-electron chi connectivity index (χ0n) is 22.2. The highest BCUT2D eigenvalue weighted by Crippen LogP contribution is 2.47. The number of aromatic nitrogens is 2. The number of hydrogen-bond acceptors (Lipinski definition) is 10. The molecule has 6 atom stereocenters. The van der Waals surface area contributed by atoms with Crippen molar-refractivity contribution >= 4 is 13.7 Å². The lowest BCUT2D eigenvalue weighted by molar-refractivity contribution is -0.149. The second-order valence-electron chi connectivity index (χ2n) is 9.89. The van der Waals surface area contributed by atoms with Crippen molar-refractivity contribution in [2.45, 2.75) is 69.8 Å². The lowest BCUT2D eigenvalue weighted by Gasteiger charge is -2.26. The largest absolute Gasteiger partial charge is 0.462 e. The lowest BCUT2D eigenvalue weighted by atomic mass is 9.94. The van der Waals surface area contributed by atoms with E-state index in [9.17, 15) is 29.2 Å². The molecule has 1 aliphatic carbocycles. The number of rotatable bonds is 10. The van der Waals surface area contributed by atoms with E-state index in [-0.39, 0.29) is 11.7 Å². The molecule has 1 saturated heterocycles. The van der Waals surface area contributed by atoms with Gasteiger partial charge in [0.15, 0.2) is 11.8 Å². The summed E-state index contributed by atoms with van der Waals surface area (Å²) in [6.07, 6.45) is -2.26. The number of aliphatic hydroxyl groups is 2. The van der Waals surface area contributed by atoms with Gasteiger partial charge in [-0.25, -0.2) is 9.36 Å². The highest BCUT2D eigenvalue weighted by atomic mass is 31.2. The monoisotopic (exact) mass is 577 g/mol. The molecule has 6 unspecified atom stereocenters. The molecule has 2 aromatic rings. The Hall–Kier alpha value is -3.24. The minimum Gasteiger partial charge on any atom is -0.462 e. The van der Waals surface area contributed by atoms with Crippen LogP contribution in [0.5, 0.6) is 5.75 Å². The van der Waals surface area contributed by atoms with Gasteiger partial charge >= 0.3 is 19.4 Å². The van der Waals surface area contributed by atoms with Gasteiger partial charge in [0.1, 0.15) is 24.0 Å². The molecular weight excluding hydrogens is 545 g/mol. The Morgan fingerprint density at radius 3 is 2.58 bits per heavy atom. The molecule has 2 aliphatic rings. The fraction of sp³-hybridized carbons (Fsp3) is 0.500. The Balaban J connectivity index is 1.59. The standard InChI is InChI=1S/C26H32N3O10P/c1-16(2)37-23(32)17(3)28-40(35,39-19-7-5-4-6-8-19)36-15-20-22(31)26(34,13-11-18-9-10-18)24(38-20)29-14-12-21(30)27-25(29)33/h4-8,12,14,16-18,20,22,24,31,34H,9-10,15H2,1-3H3,(H,28,35)(H,27,30,33). The average molecular weight is 578 g/mol. The second-order valence-corrected chi connectivity index (χ2v) is 11.6. The zero-order valence-corrected chi connectivity index (χ0v) is 23.1. The predicted molar refractivity (Wildman–Crippen MR) is 141 cm³/mol. The van der Waals surface area contributed by atoms with E-state index in [1.54, 1.807) is 32.0 Å². The van der Waals surface area contributed by atoms with Crippen molar-refractivity contribution in [1.82, 2.24) is 14.6 Å². The van der Waals surface area contributed by atoms with E-state index in [0.29, 0.717) is 0 Å². The Labute approximate surface area is 230 Å². The highest BCUT2D eigenvalue weighted by molar-refractivity contribution is 7.52. The Kier molecular flexibility index (Phi) is 8.99. The first-order valence-corrected chi connectivity index (χ1v) is 14.3. The van der Waals surface area contributed by atoms with Crippen molar-refractivity contribution in [3.63, 3.8) is 0 Å². The maximum Gasteiger partial charge on any atom is 0.459 e. The number of benzene rings is 1. The van der Waals surface area contributed by atoms with Gasteiger partial charge < -0.3 is 24.2 Å². The molecule has 2 heterocycles. The molecule has 0 radical (unpaired) electrons. The number of para-hydroxylation sites is 1. The Bertz CT molecular complexity index is 1430. The summed E-state index contributed by atoms with van der Waals surface area (Å²) in [7, 11) is -4.32. The fourth-order valence-electron chi connectivity index (χ4n) is 3.88. The van der Waals surface area contributed by atoms with E-state index in [1.165, 1.54) is 19.1 Å². The van der Waals surface area contributed by atoms with Crippen LogP contribution < -0.4 is 20.9 Å². The van der Waals surface area contributed by atoms with E-state index in [1.807, 2.05) is 0 Å². The van der Waals surface area contributed by atoms with Gasteiger partial charge in [0.05, 0.1) is 12.7 Å². The number of carbonyl (C=O) groups excluding carboxylic acids is 1. The van der Waals surface area contributed by atoms with Crippen LogP contribution in [0.15, 0.2) is 52.2 Å². The van der Waals surface area contributed by atoms with Crippen LogP contribution in [0.4, 0.5) is 0 Å². The van der Waals surface area contributed by atoms with Crippen molar-refractivity contribution in [2.24, 2.45) is 5.92 Å². The number of nitrogens with one attached hydrogen (secondary N) is 2. The number of nitrogens with zero attached hydrogens (tertiary/aromatic N) is 1. The number of esters is 1. The van der Waals surface area contributed by atoms with Gasteiger partial charge in [-0.3, -0.25) is 23.7 Å². The second kappa shape index (κ2) is 12.1. The summed E-state index contributed by atoms with van der Waals surface area (Å²) in [4.78, 5) is 38.5. The predicted octanol–water partition coefficient (Wildman–Crippen LogP) is 1.07. The minimum absolute atomic E-state index is 0.0373. The van der Waals surface area contributed by atoms with Crippen LogP contribution in [0.1, 0.15) is 39.8 Å². The molecule has 1 aromatic heterocycles. The first-order chi connectivity index (χ1) is 18.9. The van der Waals surface area contributed by atoms with E-state index in [2.05, 4.69) is 21.9 Å². The van der Waals surface area contributed by atoms with Gasteiger partial charge in [0.25, 0.3) is 5.56 Å². The highest BCUT2D eigenvalue weighted by Gasteiger charge is 2.56. The number of aliphatic hydroxyl groups excluding tert-OH is 1. The molecule has 0 spiro atoms. The SMILES string of the molecule is CC(C)OC(=O)C(C)NP(=O)(OCC1OC(n2ccc(=O)[nH]c2=O)C(O)(C#CC2CC2)C1O)Oc1ccccc1. The molecule has 0 bridgehead atoms. The molecule has 2 fully saturated rings. The van der Waals surface area contributed by atoms with Crippen molar-refractivity contribution in [3.8, 4) is 17.6 Å². The van der Waals surface area contributed by atoms with Gasteiger partial charge in [-0.05, 0) is 45.7 Å². The number of carbonyl (C=O) groups is 1. The number of H-pyrrole nitrogens is 1. The first kappa shape index (κ1) is 29.7. The van der Waals surface area contributed by atoms with Crippen molar-refractivity contribution in [1.29, 1.82) is 0 Å². The smallest absolute Gasteiger partial charge is 0.459 e. The van der Waals surface area contributed by atoms with Crippen LogP contribution in [0, 0.1) is 17.8 Å². The van der Waals surface area contributed by atoms with Crippen molar-refractivity contribution in [3.05, 3.63) is 63.4 Å². The van der Waals surface area contributed by atoms with Crippen molar-refractivity contribution < 1.29 is 38.1 Å². The van der Waals surface area contributed by atoms with E-state index >= 15 is 0 Å². The number of aromatic amines is 1. The van der Waals surface area contributed by atoms with Gasteiger partial charge in [-0.1, -0.05) is 30.0 Å². The zero-order chi connectivity index (χ0) is 29.1. The van der Waals surface area contributed by atoms with E-state index in [4.69, 9.17) is 18.5 Å². The minimum atomic E-state index is -4.32. The fourth-order valence-corrected chi connectivity index (χ4v) is 5.38. The lowest BCUT2D eigenvalue weighted by Crippen LogP contribution is -2.48. The third-order valence-corrected chi connectivity index (χ3v) is 7.72. The number of hydrogen-bond donors (Lipinski definition) is 4. The van der Waals surface area contributed by atoms with Gasteiger partial charge in [0, 0.05) is 18.2 Å². The van der Waals surface area contributed by atoms with Crippen LogP contribution >= 0.6 is 7.75 Å². The van der Waals surface area contributed by atoms with Gasteiger partial charge in [-0.15, -0.1) is 0 Å². The third-order valence-electron chi connectivity index (χ3n) is 6.08. The van der Waals surface area contributed by atoms with Gasteiger partial charge in [-0.2, -0.15) is 5.09 Å². The molecule has 4 rings (SSSR count). The molecule has 13 nitrogen and oxygen atoms in total. The quantitative estimate of drug-likeness (QED) is 0.180. The molecule has 1 aliphatic heterocycles. The van der Waals surface area contributed by atoms with Crippen LogP contribution in [0.2, 0.25) is 0 Å². The molecule has 1 aromatic carbocycles. The van der Waals surface area contributed by atoms with Crippen LogP contribution in [-0.4, -0.2) is 62.3 Å². The summed E-state index contributed by atoms with van der Waals surface area (Å²) in [5, 5.41) is 25.1. The molecule has 4 N–H and O–H groups in total. The molecule has 0 amide bonds. The van der Waals surface area contributed by atoms with E-state index in [0.717, 1.165) is 29.7 Å². The molecule has 1 saturated carbocycles. The van der Waals surface area contributed by atoms with Crippen LogP contribution in [-0.2, 0) is 23.4 Å². The molecule has 216 valence electrons. The summed E-state index contributed by atoms with van der Waals surface area (Å²) >= 11 is 0. The maximum absolute atomic E-state index is 13.8. The first-order valence-electron chi connectivity index (χ1n) is 12.8. The summed E-state index contributed by atoms with van der Waals surface area (Å²) in [5.41, 5.74) is -3.83. The summed E-state index contributed by atoms with van der Waals surface area (Å²) < 4.78 is 36.9. The Morgan fingerprint density at radius 1 is 1.25 bits per heavy atom. The van der Waals surface area contributed by atoms with Crippen LogP contribution in [0.25, 0.3) is 0 Å². The van der Waals surface area contributed by atoms with E-state index < -0.39 is 67.8 Å². The molecular formula is C26H32N3O10P. The molecule has 40 heavy (non-hydrogen) atoms. The third kappa shape index (κ3) is 7.09. The summed E-state index contributed by atoms with van der Waals surface area (Å²) in [6.45, 7) is 4.14. The van der Waals surface area contributed by atoms with Crippen LogP contribution in [0.3, 0.4) is 0 Å². The van der Waals surface area contributed by atoms with Crippen molar-refractivity contribution in [2.75, 3.05) is 6.61 Å². The summed E-state index contributed by atoms with van der Waals surface area (Å²) in [6, 6.07) is 8.01. The number of ether oxygens (including phenoxy) is 2. The normalized spacial score (nSPS) is 26.4. The van der Waals surface area contributed by atoms with Gasteiger partial charge in [0.2, 0.25) is 0 Å².